The van der Waals surface area contributed by atoms with E-state index in [0.717, 1.165) is 25.7 Å². The molecule has 0 aromatic carbocycles. The number of hydrogen-bond acceptors (Lipinski definition) is 6. The highest BCUT2D eigenvalue weighted by atomic mass is 16.5. The highest BCUT2D eigenvalue weighted by Crippen LogP contribution is 2.40. The van der Waals surface area contributed by atoms with Gasteiger partial charge in [-0.3, -0.25) is 0 Å². The van der Waals surface area contributed by atoms with Crippen molar-refractivity contribution in [2.45, 2.75) is 57.2 Å². The molecule has 1 saturated carbocycles. The molecule has 3 N–H and O–H groups in total. The van der Waals surface area contributed by atoms with Crippen LogP contribution in [0.5, 0.6) is 0 Å². The summed E-state index contributed by atoms with van der Waals surface area (Å²) >= 11 is 0. The van der Waals surface area contributed by atoms with Crippen molar-refractivity contribution < 1.29 is 14.4 Å². The molecule has 1 atom stereocenters. The standard InChI is InChI=1S/C13H23N3O3/c1-3-18-13(6-4-5-7-13)11-15-10(19-16-11)8-12(2,17)9-14/h17H,3-9,14H2,1-2H3. The van der Waals surface area contributed by atoms with E-state index in [2.05, 4.69) is 10.1 Å². The van der Waals surface area contributed by atoms with Crippen LogP contribution in [-0.4, -0.2) is 34.0 Å². The molecule has 1 aromatic heterocycles. The second kappa shape index (κ2) is 5.56. The highest BCUT2D eigenvalue weighted by Gasteiger charge is 2.41. The summed E-state index contributed by atoms with van der Waals surface area (Å²) in [7, 11) is 0. The molecule has 6 nitrogen and oxygen atoms in total. The van der Waals surface area contributed by atoms with Crippen molar-refractivity contribution in [3.63, 3.8) is 0 Å². The average Bonchev–Trinajstić information content (AvgIpc) is 2.99. The molecule has 1 aliphatic carbocycles. The summed E-state index contributed by atoms with van der Waals surface area (Å²) in [5, 5.41) is 14.0. The van der Waals surface area contributed by atoms with Gasteiger partial charge in [-0.05, 0) is 39.5 Å². The van der Waals surface area contributed by atoms with E-state index in [1.54, 1.807) is 6.92 Å². The zero-order chi connectivity index (χ0) is 13.9. The van der Waals surface area contributed by atoms with E-state index in [9.17, 15) is 5.11 Å². The first kappa shape index (κ1) is 14.4. The summed E-state index contributed by atoms with van der Waals surface area (Å²) in [6.45, 7) is 4.41. The van der Waals surface area contributed by atoms with Gasteiger partial charge >= 0.3 is 0 Å². The van der Waals surface area contributed by atoms with Crippen molar-refractivity contribution in [2.24, 2.45) is 5.73 Å². The maximum absolute atomic E-state index is 9.93. The van der Waals surface area contributed by atoms with E-state index in [4.69, 9.17) is 15.0 Å². The molecular weight excluding hydrogens is 246 g/mol. The third kappa shape index (κ3) is 3.13. The molecule has 2 rings (SSSR count). The van der Waals surface area contributed by atoms with Gasteiger partial charge in [-0.15, -0.1) is 0 Å². The fourth-order valence-corrected chi connectivity index (χ4v) is 2.56. The van der Waals surface area contributed by atoms with Gasteiger partial charge in [0, 0.05) is 13.2 Å². The number of nitrogens with zero attached hydrogens (tertiary/aromatic N) is 2. The van der Waals surface area contributed by atoms with E-state index < -0.39 is 11.2 Å². The number of nitrogens with two attached hydrogens (primary N) is 1. The number of hydrogen-bond donors (Lipinski definition) is 2. The van der Waals surface area contributed by atoms with Crippen molar-refractivity contribution in [1.29, 1.82) is 0 Å². The minimum absolute atomic E-state index is 0.154. The van der Waals surface area contributed by atoms with Crippen LogP contribution in [0.1, 0.15) is 51.2 Å². The summed E-state index contributed by atoms with van der Waals surface area (Å²) < 4.78 is 11.1. The second-order valence-corrected chi connectivity index (χ2v) is 5.52. The summed E-state index contributed by atoms with van der Waals surface area (Å²) in [6, 6.07) is 0. The first-order chi connectivity index (χ1) is 9.01. The van der Waals surface area contributed by atoms with E-state index >= 15 is 0 Å². The van der Waals surface area contributed by atoms with Gasteiger partial charge in [0.2, 0.25) is 11.7 Å². The molecule has 108 valence electrons. The fraction of sp³-hybridized carbons (Fsp3) is 0.846. The Morgan fingerprint density at radius 2 is 2.16 bits per heavy atom. The number of ether oxygens (including phenoxy) is 1. The van der Waals surface area contributed by atoms with Crippen LogP contribution in [0.4, 0.5) is 0 Å². The van der Waals surface area contributed by atoms with E-state index in [1.807, 2.05) is 6.92 Å². The van der Waals surface area contributed by atoms with Crippen LogP contribution in [0.3, 0.4) is 0 Å². The van der Waals surface area contributed by atoms with Gasteiger partial charge < -0.3 is 20.1 Å². The lowest BCUT2D eigenvalue weighted by atomic mass is 10.0. The van der Waals surface area contributed by atoms with Crippen LogP contribution >= 0.6 is 0 Å². The van der Waals surface area contributed by atoms with Gasteiger partial charge in [-0.2, -0.15) is 4.98 Å². The van der Waals surface area contributed by atoms with Gasteiger partial charge in [0.05, 0.1) is 12.0 Å². The van der Waals surface area contributed by atoms with E-state index in [-0.39, 0.29) is 13.0 Å². The smallest absolute Gasteiger partial charge is 0.229 e. The van der Waals surface area contributed by atoms with E-state index in [1.165, 1.54) is 0 Å². The van der Waals surface area contributed by atoms with Crippen molar-refractivity contribution in [2.75, 3.05) is 13.2 Å². The SMILES string of the molecule is CCOC1(c2noc(CC(C)(O)CN)n2)CCCC1. The maximum atomic E-state index is 9.93. The van der Waals surface area contributed by atoms with Gasteiger partial charge in [0.15, 0.2) is 0 Å². The fourth-order valence-electron chi connectivity index (χ4n) is 2.56. The Bertz CT molecular complexity index is 411. The Kier molecular flexibility index (Phi) is 4.23. The molecule has 0 aliphatic heterocycles. The number of rotatable bonds is 6. The second-order valence-electron chi connectivity index (χ2n) is 5.52. The van der Waals surface area contributed by atoms with Crippen LogP contribution in [-0.2, 0) is 16.8 Å². The lowest BCUT2D eigenvalue weighted by Gasteiger charge is -2.24. The first-order valence-corrected chi connectivity index (χ1v) is 6.91. The highest BCUT2D eigenvalue weighted by molar-refractivity contribution is 5.05. The monoisotopic (exact) mass is 269 g/mol. The van der Waals surface area contributed by atoms with E-state index in [0.29, 0.717) is 18.3 Å². The summed E-state index contributed by atoms with van der Waals surface area (Å²) in [4.78, 5) is 4.40. The molecule has 0 bridgehead atoms. The van der Waals surface area contributed by atoms with Gasteiger partial charge in [-0.25, -0.2) is 0 Å². The maximum Gasteiger partial charge on any atom is 0.229 e. The summed E-state index contributed by atoms with van der Waals surface area (Å²) in [6.07, 6.45) is 4.34. The van der Waals surface area contributed by atoms with Crippen LogP contribution in [0.2, 0.25) is 0 Å². The summed E-state index contributed by atoms with van der Waals surface area (Å²) in [5.41, 5.74) is 4.08. The minimum atomic E-state index is -1.02. The molecule has 1 aliphatic rings. The van der Waals surface area contributed by atoms with Crippen LogP contribution in [0.25, 0.3) is 0 Å². The van der Waals surface area contributed by atoms with Crippen LogP contribution in [0, 0.1) is 0 Å². The molecule has 6 heteroatoms. The van der Waals surface area contributed by atoms with Crippen molar-refractivity contribution in [1.82, 2.24) is 10.1 Å². The first-order valence-electron chi connectivity index (χ1n) is 6.91. The minimum Gasteiger partial charge on any atom is -0.388 e. The Balaban J connectivity index is 2.15. The summed E-state index contributed by atoms with van der Waals surface area (Å²) in [5.74, 6) is 1.02. The molecular formula is C13H23N3O3. The molecule has 1 fully saturated rings. The molecule has 0 spiro atoms. The zero-order valence-electron chi connectivity index (χ0n) is 11.7. The van der Waals surface area contributed by atoms with Crippen molar-refractivity contribution in [3.8, 4) is 0 Å². The van der Waals surface area contributed by atoms with Crippen molar-refractivity contribution >= 4 is 0 Å². The molecule has 0 amide bonds. The average molecular weight is 269 g/mol. The van der Waals surface area contributed by atoms with Crippen LogP contribution in [0.15, 0.2) is 4.52 Å². The Hall–Kier alpha value is -0.980. The molecule has 1 aromatic rings. The largest absolute Gasteiger partial charge is 0.388 e. The van der Waals surface area contributed by atoms with Gasteiger partial charge in [0.25, 0.3) is 0 Å². The quantitative estimate of drug-likeness (QED) is 0.804. The predicted octanol–water partition coefficient (Wildman–Crippen LogP) is 1.13. The third-order valence-electron chi connectivity index (χ3n) is 3.68. The Morgan fingerprint density at radius 1 is 1.47 bits per heavy atom. The third-order valence-corrected chi connectivity index (χ3v) is 3.68. The molecule has 0 radical (unpaired) electrons. The zero-order valence-corrected chi connectivity index (χ0v) is 11.7. The lowest BCUT2D eigenvalue weighted by Crippen LogP contribution is -2.36. The molecule has 0 saturated heterocycles. The number of aromatic nitrogens is 2. The predicted molar refractivity (Wildman–Crippen MR) is 69.5 cm³/mol. The lowest BCUT2D eigenvalue weighted by molar-refractivity contribution is -0.0469. The van der Waals surface area contributed by atoms with Crippen molar-refractivity contribution in [3.05, 3.63) is 11.7 Å². The Labute approximate surface area is 113 Å². The van der Waals surface area contributed by atoms with Crippen LogP contribution < -0.4 is 5.73 Å². The molecule has 19 heavy (non-hydrogen) atoms. The van der Waals surface area contributed by atoms with Gasteiger partial charge in [-0.1, -0.05) is 5.16 Å². The topological polar surface area (TPSA) is 94.4 Å². The van der Waals surface area contributed by atoms with Gasteiger partial charge in [0.1, 0.15) is 5.60 Å². The number of aliphatic hydroxyl groups is 1. The molecule has 1 heterocycles. The Morgan fingerprint density at radius 3 is 2.74 bits per heavy atom. The molecule has 1 unspecified atom stereocenters. The normalized spacial score (nSPS) is 21.5.